The van der Waals surface area contributed by atoms with Crippen LogP contribution in [0.4, 0.5) is 11.9 Å². The molecule has 39 heavy (non-hydrogen) atoms. The normalized spacial score (nSPS) is 25.2. The summed E-state index contributed by atoms with van der Waals surface area (Å²) >= 11 is 0. The van der Waals surface area contributed by atoms with Crippen LogP contribution in [0.5, 0.6) is 0 Å². The number of nitrogens with one attached hydrogen (secondary N) is 3. The zero-order valence-corrected chi connectivity index (χ0v) is 26.0. The van der Waals surface area contributed by atoms with Gasteiger partial charge in [0.1, 0.15) is 5.82 Å². The molecule has 0 bridgehead atoms. The fourth-order valence-corrected chi connectivity index (χ4v) is 7.86. The van der Waals surface area contributed by atoms with E-state index < -0.39 is 0 Å². The van der Waals surface area contributed by atoms with Crippen LogP contribution in [0.15, 0.2) is 0 Å². The quantitative estimate of drug-likeness (QED) is 0.353. The van der Waals surface area contributed by atoms with Crippen molar-refractivity contribution in [3.63, 3.8) is 0 Å². The Hall–Kier alpha value is -1.51. The number of hydrogen-bond acceptors (Lipinski definition) is 8. The van der Waals surface area contributed by atoms with Crippen LogP contribution in [-0.2, 0) is 0 Å². The SMILES string of the molecule is C.Cc1nc(NC2CCCCC2)nc(N(CN(C)C2CC(C)(C)NC(C)(C)C2)C2CC(C)(C)NC(C)(C)C2)n1.[HH]. The smallest absolute Gasteiger partial charge is 0.231 e. The minimum atomic E-state index is 0. The number of piperidine rings is 2. The van der Waals surface area contributed by atoms with Crippen molar-refractivity contribution in [2.75, 3.05) is 23.9 Å². The Balaban J connectivity index is 0.00000280. The van der Waals surface area contributed by atoms with Crippen molar-refractivity contribution in [2.24, 2.45) is 0 Å². The summed E-state index contributed by atoms with van der Waals surface area (Å²) < 4.78 is 0. The Bertz CT molecular complexity index is 925. The number of nitrogens with zero attached hydrogens (tertiary/aromatic N) is 5. The molecule has 0 atom stereocenters. The number of aromatic nitrogens is 3. The highest BCUT2D eigenvalue weighted by molar-refractivity contribution is 5.39. The Morgan fingerprint density at radius 3 is 1.77 bits per heavy atom. The van der Waals surface area contributed by atoms with Crippen molar-refractivity contribution in [3.05, 3.63) is 5.82 Å². The van der Waals surface area contributed by atoms with Crippen LogP contribution in [0.3, 0.4) is 0 Å². The highest BCUT2D eigenvalue weighted by atomic mass is 15.4. The predicted molar refractivity (Wildman–Crippen MR) is 168 cm³/mol. The van der Waals surface area contributed by atoms with Crippen molar-refractivity contribution >= 4 is 11.9 Å². The van der Waals surface area contributed by atoms with E-state index >= 15 is 0 Å². The second-order valence-electron chi connectivity index (χ2n) is 15.3. The second-order valence-corrected chi connectivity index (χ2v) is 15.3. The molecule has 3 fully saturated rings. The second kappa shape index (κ2) is 11.8. The van der Waals surface area contributed by atoms with Crippen LogP contribution >= 0.6 is 0 Å². The highest BCUT2D eigenvalue weighted by Crippen LogP contribution is 2.35. The molecule has 0 radical (unpaired) electrons. The molecule has 2 saturated heterocycles. The first-order valence-electron chi connectivity index (χ1n) is 15.1. The first-order valence-corrected chi connectivity index (χ1v) is 15.1. The lowest BCUT2D eigenvalue weighted by atomic mass is 9.78. The zero-order chi connectivity index (χ0) is 27.9. The third kappa shape index (κ3) is 8.74. The molecular formula is C31H62N8. The van der Waals surface area contributed by atoms with Crippen molar-refractivity contribution in [3.8, 4) is 0 Å². The molecule has 0 aromatic carbocycles. The van der Waals surface area contributed by atoms with Gasteiger partial charge in [-0.15, -0.1) is 0 Å². The van der Waals surface area contributed by atoms with Crippen LogP contribution in [0.25, 0.3) is 0 Å². The molecule has 4 rings (SSSR count). The predicted octanol–water partition coefficient (Wildman–Crippen LogP) is 6.12. The van der Waals surface area contributed by atoms with E-state index in [1.807, 2.05) is 6.92 Å². The number of anilines is 2. The minimum absolute atomic E-state index is 0. The molecule has 0 spiro atoms. The average molecular weight is 547 g/mol. The van der Waals surface area contributed by atoms with E-state index in [0.29, 0.717) is 18.1 Å². The van der Waals surface area contributed by atoms with Gasteiger partial charge in [-0.1, -0.05) is 26.7 Å². The Kier molecular flexibility index (Phi) is 9.66. The Morgan fingerprint density at radius 2 is 1.26 bits per heavy atom. The third-order valence-corrected chi connectivity index (χ3v) is 8.71. The molecule has 1 saturated carbocycles. The van der Waals surface area contributed by atoms with Crippen molar-refractivity contribution in [1.82, 2.24) is 30.5 Å². The van der Waals surface area contributed by atoms with Gasteiger partial charge in [0.05, 0.1) is 6.67 Å². The molecule has 1 aromatic rings. The average Bonchev–Trinajstić information content (AvgIpc) is 2.73. The van der Waals surface area contributed by atoms with E-state index in [2.05, 4.69) is 88.2 Å². The van der Waals surface area contributed by atoms with Gasteiger partial charge < -0.3 is 20.9 Å². The third-order valence-electron chi connectivity index (χ3n) is 8.71. The van der Waals surface area contributed by atoms with Gasteiger partial charge >= 0.3 is 0 Å². The van der Waals surface area contributed by atoms with Crippen LogP contribution < -0.4 is 20.9 Å². The minimum Gasteiger partial charge on any atom is -0.351 e. The largest absolute Gasteiger partial charge is 0.351 e. The van der Waals surface area contributed by atoms with E-state index in [9.17, 15) is 0 Å². The summed E-state index contributed by atoms with van der Waals surface area (Å²) in [5, 5.41) is 11.4. The molecule has 3 N–H and O–H groups in total. The lowest BCUT2D eigenvalue weighted by Gasteiger charge is -2.52. The van der Waals surface area contributed by atoms with Crippen LogP contribution in [0.1, 0.15) is 128 Å². The van der Waals surface area contributed by atoms with Gasteiger partial charge in [-0.05, 0) is 108 Å². The molecule has 2 aliphatic heterocycles. The fraction of sp³-hybridized carbons (Fsp3) is 0.903. The van der Waals surface area contributed by atoms with Gasteiger partial charge in [0.2, 0.25) is 11.9 Å². The summed E-state index contributed by atoms with van der Waals surface area (Å²) in [5.41, 5.74) is 0.274. The van der Waals surface area contributed by atoms with E-state index in [4.69, 9.17) is 15.0 Å². The van der Waals surface area contributed by atoms with E-state index in [-0.39, 0.29) is 31.0 Å². The van der Waals surface area contributed by atoms with Crippen molar-refractivity contribution in [1.29, 1.82) is 0 Å². The fourth-order valence-electron chi connectivity index (χ4n) is 7.86. The molecule has 1 aromatic heterocycles. The van der Waals surface area contributed by atoms with Crippen LogP contribution in [-0.4, -0.2) is 73.8 Å². The molecule has 226 valence electrons. The van der Waals surface area contributed by atoms with E-state index in [0.717, 1.165) is 50.1 Å². The maximum atomic E-state index is 5.09. The van der Waals surface area contributed by atoms with E-state index in [1.54, 1.807) is 0 Å². The maximum absolute atomic E-state index is 5.09. The summed E-state index contributed by atoms with van der Waals surface area (Å²) in [5.74, 6) is 2.34. The molecular weight excluding hydrogens is 484 g/mol. The van der Waals surface area contributed by atoms with Crippen molar-refractivity contribution < 1.29 is 1.43 Å². The first-order chi connectivity index (χ1) is 17.5. The molecule has 0 unspecified atom stereocenters. The van der Waals surface area contributed by atoms with Gasteiger partial charge in [0, 0.05) is 41.7 Å². The topological polar surface area (TPSA) is 81.2 Å². The molecule has 1 aliphatic carbocycles. The van der Waals surface area contributed by atoms with Gasteiger partial charge in [-0.3, -0.25) is 4.90 Å². The summed E-state index contributed by atoms with van der Waals surface area (Å²) in [7, 11) is 2.29. The Morgan fingerprint density at radius 1 is 0.769 bits per heavy atom. The lowest BCUT2D eigenvalue weighted by molar-refractivity contribution is 0.0757. The molecule has 8 heteroatoms. The molecule has 3 aliphatic rings. The van der Waals surface area contributed by atoms with E-state index in [1.165, 1.54) is 32.1 Å². The number of rotatable bonds is 7. The molecule has 3 heterocycles. The summed E-state index contributed by atoms with van der Waals surface area (Å²) in [6.45, 7) is 21.5. The monoisotopic (exact) mass is 547 g/mol. The summed E-state index contributed by atoms with van der Waals surface area (Å²) in [6, 6.07) is 1.27. The maximum Gasteiger partial charge on any atom is 0.231 e. The lowest BCUT2D eigenvalue weighted by Crippen LogP contribution is -2.65. The van der Waals surface area contributed by atoms with Gasteiger partial charge in [0.25, 0.3) is 0 Å². The van der Waals surface area contributed by atoms with Crippen molar-refractivity contribution in [2.45, 2.75) is 168 Å². The summed E-state index contributed by atoms with van der Waals surface area (Å²) in [4.78, 5) is 19.8. The van der Waals surface area contributed by atoms with Gasteiger partial charge in [-0.2, -0.15) is 15.0 Å². The number of aryl methyl sites for hydroxylation is 1. The van der Waals surface area contributed by atoms with Crippen LogP contribution in [0, 0.1) is 6.92 Å². The standard InChI is InChI=1S/C30H56N8.CH4.H2/c1-21-31-25(33-22-14-12-11-13-15-22)34-26(32-21)38(24-18-29(6,7)36-30(8,9)19-24)20-37(10)23-16-27(2,3)35-28(4,5)17-23;;/h22-24,35-36H,11-20H2,1-10H3,(H,31,32,33,34);1H4;1H. The first kappa shape index (κ1) is 32.0. The summed E-state index contributed by atoms with van der Waals surface area (Å²) in [6.07, 6.45) is 10.6. The highest BCUT2D eigenvalue weighted by Gasteiger charge is 2.43. The zero-order valence-electron chi connectivity index (χ0n) is 26.0. The van der Waals surface area contributed by atoms with Gasteiger partial charge in [-0.25, -0.2) is 0 Å². The number of hydrogen-bond donors (Lipinski definition) is 3. The molecule has 8 nitrogen and oxygen atoms in total. The van der Waals surface area contributed by atoms with Gasteiger partial charge in [0.15, 0.2) is 0 Å². The molecule has 0 amide bonds. The Labute approximate surface area is 241 Å². The van der Waals surface area contributed by atoms with Crippen LogP contribution in [0.2, 0.25) is 0 Å².